The van der Waals surface area contributed by atoms with Crippen molar-refractivity contribution in [1.29, 1.82) is 0 Å². The number of aryl methyl sites for hydroxylation is 1. The minimum Gasteiger partial charge on any atom is -0.508 e. The molecule has 1 aliphatic heterocycles. The smallest absolute Gasteiger partial charge is 0.294 e. The number of amides is 1. The first kappa shape index (κ1) is 21.0. The Kier molecular flexibility index (Phi) is 5.55. The van der Waals surface area contributed by atoms with E-state index in [0.717, 1.165) is 11.1 Å². The molecule has 0 saturated heterocycles. The molecule has 0 aliphatic carbocycles. The number of nitrogens with zero attached hydrogens (tertiary/aromatic N) is 4. The Balaban J connectivity index is 1.64. The Hall–Kier alpha value is -4.27. The lowest BCUT2D eigenvalue weighted by Crippen LogP contribution is -2.38. The first-order valence-corrected chi connectivity index (χ1v) is 9.97. The Bertz CT molecular complexity index is 1290. The van der Waals surface area contributed by atoms with E-state index >= 15 is 0 Å². The number of hydrogen-bond acceptors (Lipinski definition) is 6. The van der Waals surface area contributed by atoms with Gasteiger partial charge < -0.3 is 10.0 Å². The minimum absolute atomic E-state index is 0.176. The standard InChI is InChI=1S/C23H20N4O5/c1-15-14-21(29)22(24-26(15)19-4-2-3-5-20(19)27(31)32)23(30)25-12-10-17(11-13-25)16-6-8-18(28)9-7-16/h2-10,14,28H,11-13H2,1H3. The van der Waals surface area contributed by atoms with E-state index in [-0.39, 0.29) is 22.8 Å². The number of rotatable bonds is 4. The highest BCUT2D eigenvalue weighted by atomic mass is 16.6. The van der Waals surface area contributed by atoms with Gasteiger partial charge in [-0.2, -0.15) is 5.10 Å². The summed E-state index contributed by atoms with van der Waals surface area (Å²) in [5.41, 5.74) is 1.58. The van der Waals surface area contributed by atoms with Crippen LogP contribution in [0.2, 0.25) is 0 Å². The predicted molar refractivity (Wildman–Crippen MR) is 118 cm³/mol. The molecule has 0 fully saturated rings. The monoisotopic (exact) mass is 432 g/mol. The zero-order chi connectivity index (χ0) is 22.8. The summed E-state index contributed by atoms with van der Waals surface area (Å²) < 4.78 is 1.26. The highest BCUT2D eigenvalue weighted by Crippen LogP contribution is 2.25. The van der Waals surface area contributed by atoms with Crippen LogP contribution in [0, 0.1) is 17.0 Å². The summed E-state index contributed by atoms with van der Waals surface area (Å²) >= 11 is 0. The number of nitro groups is 1. The molecule has 32 heavy (non-hydrogen) atoms. The number of phenols is 1. The fourth-order valence-corrected chi connectivity index (χ4v) is 3.68. The molecule has 9 nitrogen and oxygen atoms in total. The highest BCUT2D eigenvalue weighted by Gasteiger charge is 2.25. The van der Waals surface area contributed by atoms with Crippen molar-refractivity contribution in [2.45, 2.75) is 13.3 Å². The molecule has 0 radical (unpaired) electrons. The quantitative estimate of drug-likeness (QED) is 0.500. The minimum atomic E-state index is -0.532. The third-order valence-corrected chi connectivity index (χ3v) is 5.35. The number of hydrogen-bond donors (Lipinski definition) is 1. The first-order valence-electron chi connectivity index (χ1n) is 9.97. The molecule has 1 N–H and O–H groups in total. The molecule has 162 valence electrons. The average molecular weight is 432 g/mol. The van der Waals surface area contributed by atoms with E-state index in [2.05, 4.69) is 5.10 Å². The van der Waals surface area contributed by atoms with Gasteiger partial charge in [0, 0.05) is 30.9 Å². The van der Waals surface area contributed by atoms with Crippen LogP contribution >= 0.6 is 0 Å². The summed E-state index contributed by atoms with van der Waals surface area (Å²) in [4.78, 5) is 38.0. The van der Waals surface area contributed by atoms with Gasteiger partial charge in [-0.15, -0.1) is 0 Å². The van der Waals surface area contributed by atoms with Gasteiger partial charge >= 0.3 is 0 Å². The molecular formula is C23H20N4O5. The fourth-order valence-electron chi connectivity index (χ4n) is 3.68. The summed E-state index contributed by atoms with van der Waals surface area (Å²) in [6.07, 6.45) is 2.49. The molecule has 0 saturated carbocycles. The van der Waals surface area contributed by atoms with Gasteiger partial charge in [-0.05, 0) is 42.7 Å². The number of para-hydroxylation sites is 2. The van der Waals surface area contributed by atoms with E-state index in [1.54, 1.807) is 25.1 Å². The van der Waals surface area contributed by atoms with Crippen molar-refractivity contribution in [3.8, 4) is 11.4 Å². The van der Waals surface area contributed by atoms with Gasteiger partial charge in [0.05, 0.1) is 4.92 Å². The van der Waals surface area contributed by atoms with Crippen LogP contribution in [0.3, 0.4) is 0 Å². The maximum atomic E-state index is 13.1. The number of phenolic OH excluding ortho intramolecular Hbond substituents is 1. The van der Waals surface area contributed by atoms with E-state index in [1.807, 2.05) is 18.2 Å². The number of carbonyl (C=O) groups is 1. The van der Waals surface area contributed by atoms with Gasteiger partial charge in [-0.25, -0.2) is 4.68 Å². The Morgan fingerprint density at radius 3 is 2.53 bits per heavy atom. The SMILES string of the molecule is Cc1cc(=O)c(C(=O)N2CC=C(c3ccc(O)cc3)CC2)nn1-c1ccccc1[N+](=O)[O-]. The predicted octanol–water partition coefficient (Wildman–Crippen LogP) is 3.08. The summed E-state index contributed by atoms with van der Waals surface area (Å²) in [5.74, 6) is -0.342. The maximum absolute atomic E-state index is 13.1. The lowest BCUT2D eigenvalue weighted by Gasteiger charge is -2.26. The lowest BCUT2D eigenvalue weighted by molar-refractivity contribution is -0.384. The third-order valence-electron chi connectivity index (χ3n) is 5.35. The van der Waals surface area contributed by atoms with Crippen molar-refractivity contribution in [2.75, 3.05) is 13.1 Å². The largest absolute Gasteiger partial charge is 0.508 e. The highest BCUT2D eigenvalue weighted by molar-refractivity contribution is 5.92. The number of nitro benzene ring substituents is 1. The van der Waals surface area contributed by atoms with E-state index in [4.69, 9.17) is 0 Å². The lowest BCUT2D eigenvalue weighted by atomic mass is 9.99. The zero-order valence-electron chi connectivity index (χ0n) is 17.3. The van der Waals surface area contributed by atoms with Crippen LogP contribution < -0.4 is 5.43 Å². The second-order valence-electron chi connectivity index (χ2n) is 7.43. The summed E-state index contributed by atoms with van der Waals surface area (Å²) in [5, 5.41) is 25.1. The zero-order valence-corrected chi connectivity index (χ0v) is 17.3. The van der Waals surface area contributed by atoms with Crippen molar-refractivity contribution >= 4 is 17.2 Å². The molecule has 1 amide bonds. The van der Waals surface area contributed by atoms with Crippen LogP contribution in [0.25, 0.3) is 11.3 Å². The second kappa shape index (κ2) is 8.46. The summed E-state index contributed by atoms with van der Waals surface area (Å²) in [6, 6.07) is 14.1. The molecule has 0 unspecified atom stereocenters. The molecular weight excluding hydrogens is 412 g/mol. The van der Waals surface area contributed by atoms with E-state index < -0.39 is 16.3 Å². The first-order chi connectivity index (χ1) is 15.3. The van der Waals surface area contributed by atoms with Crippen LogP contribution in [-0.4, -0.2) is 43.7 Å². The average Bonchev–Trinajstić information content (AvgIpc) is 2.79. The molecule has 2 aromatic carbocycles. The van der Waals surface area contributed by atoms with Crippen molar-refractivity contribution in [3.63, 3.8) is 0 Å². The van der Waals surface area contributed by atoms with Gasteiger partial charge in [0.25, 0.3) is 11.6 Å². The van der Waals surface area contributed by atoms with E-state index in [0.29, 0.717) is 25.2 Å². The molecule has 0 bridgehead atoms. The Morgan fingerprint density at radius 1 is 1.16 bits per heavy atom. The number of aromatic nitrogens is 2. The van der Waals surface area contributed by atoms with Crippen molar-refractivity contribution < 1.29 is 14.8 Å². The number of aromatic hydroxyl groups is 1. The topological polar surface area (TPSA) is 119 Å². The van der Waals surface area contributed by atoms with E-state index in [9.17, 15) is 24.8 Å². The molecule has 3 aromatic rings. The molecule has 0 atom stereocenters. The van der Waals surface area contributed by atoms with Gasteiger partial charge in [0.15, 0.2) is 5.69 Å². The van der Waals surface area contributed by atoms with Gasteiger partial charge in [-0.1, -0.05) is 30.3 Å². The van der Waals surface area contributed by atoms with Gasteiger partial charge in [0.1, 0.15) is 11.4 Å². The maximum Gasteiger partial charge on any atom is 0.294 e. The van der Waals surface area contributed by atoms with Gasteiger partial charge in [-0.3, -0.25) is 19.7 Å². The van der Waals surface area contributed by atoms with Gasteiger partial charge in [0.2, 0.25) is 5.43 Å². The van der Waals surface area contributed by atoms with Crippen LogP contribution in [0.15, 0.2) is 65.5 Å². The molecule has 1 aliphatic rings. The van der Waals surface area contributed by atoms with Crippen molar-refractivity contribution in [3.05, 3.63) is 98.0 Å². The normalized spacial score (nSPS) is 13.5. The van der Waals surface area contributed by atoms with Crippen LogP contribution in [0.4, 0.5) is 5.69 Å². The van der Waals surface area contributed by atoms with Crippen molar-refractivity contribution in [2.24, 2.45) is 0 Å². The Morgan fingerprint density at radius 2 is 1.88 bits per heavy atom. The molecule has 2 heterocycles. The second-order valence-corrected chi connectivity index (χ2v) is 7.43. The molecule has 9 heteroatoms. The summed E-state index contributed by atoms with van der Waals surface area (Å²) in [7, 11) is 0. The molecule has 4 rings (SSSR count). The number of carbonyl (C=O) groups excluding carboxylic acids is 1. The van der Waals surface area contributed by atoms with Crippen LogP contribution in [0.1, 0.15) is 28.2 Å². The number of benzene rings is 2. The van der Waals surface area contributed by atoms with Crippen LogP contribution in [0.5, 0.6) is 5.75 Å². The van der Waals surface area contributed by atoms with E-state index in [1.165, 1.54) is 33.8 Å². The third kappa shape index (κ3) is 4.00. The van der Waals surface area contributed by atoms with Crippen molar-refractivity contribution in [1.82, 2.24) is 14.7 Å². The van der Waals surface area contributed by atoms with Crippen LogP contribution in [-0.2, 0) is 0 Å². The fraction of sp³-hybridized carbons (Fsp3) is 0.174. The molecule has 0 spiro atoms. The molecule has 1 aromatic heterocycles. The summed E-state index contributed by atoms with van der Waals surface area (Å²) in [6.45, 7) is 2.30. The Labute approximate surface area is 183 Å².